The number of hydrogen-bond donors (Lipinski definition) is 4. The highest BCUT2D eigenvalue weighted by Crippen LogP contribution is 2.30. The van der Waals surface area contributed by atoms with Crippen molar-refractivity contribution in [2.45, 2.75) is 37.3 Å². The van der Waals surface area contributed by atoms with Gasteiger partial charge in [-0.3, -0.25) is 15.1 Å². The normalized spacial score (nSPS) is 13.9. The number of nitrogen functional groups attached to an aromatic ring is 1. The molecule has 1 fully saturated rings. The van der Waals surface area contributed by atoms with E-state index in [4.69, 9.17) is 21.3 Å². The molecule has 1 aliphatic rings. The lowest BCUT2D eigenvalue weighted by Gasteiger charge is -2.33. The van der Waals surface area contributed by atoms with E-state index in [1.807, 2.05) is 29.2 Å². The van der Waals surface area contributed by atoms with Crippen LogP contribution in [0.4, 0.5) is 5.69 Å². The number of fused-ring (bicyclic) bond motifs is 1. The van der Waals surface area contributed by atoms with Crippen LogP contribution in [0.25, 0.3) is 10.8 Å². The first-order chi connectivity index (χ1) is 20.5. The van der Waals surface area contributed by atoms with Gasteiger partial charge in [0.15, 0.2) is 0 Å². The van der Waals surface area contributed by atoms with Gasteiger partial charge < -0.3 is 20.5 Å². The van der Waals surface area contributed by atoms with Crippen LogP contribution in [-0.2, 0) is 16.6 Å². The number of anilines is 1. The Morgan fingerprint density at radius 1 is 0.930 bits per heavy atom. The number of sulfonamides is 1. The van der Waals surface area contributed by atoms with Crippen molar-refractivity contribution in [3.05, 3.63) is 102 Å². The van der Waals surface area contributed by atoms with E-state index in [-0.39, 0.29) is 28.9 Å². The Bertz CT molecular complexity index is 1780. The Morgan fingerprint density at radius 3 is 2.16 bits per heavy atom. The van der Waals surface area contributed by atoms with Crippen molar-refractivity contribution in [2.24, 2.45) is 5.73 Å². The number of carbonyl (C=O) groups is 1. The number of hydrogen-bond acceptors (Lipinski definition) is 6. The summed E-state index contributed by atoms with van der Waals surface area (Å²) >= 11 is 0. The second-order valence-electron chi connectivity index (χ2n) is 10.5. The molecule has 0 radical (unpaired) electrons. The van der Waals surface area contributed by atoms with Gasteiger partial charge in [0.2, 0.25) is 0 Å². The largest absolute Gasteiger partial charge is 0.490 e. The molecule has 0 saturated carbocycles. The zero-order valence-corrected chi connectivity index (χ0v) is 24.5. The van der Waals surface area contributed by atoms with Crippen LogP contribution in [0.1, 0.15) is 41.3 Å². The number of nitrogens with one attached hydrogen (secondary N) is 2. The highest BCUT2D eigenvalue weighted by Gasteiger charge is 2.26. The summed E-state index contributed by atoms with van der Waals surface area (Å²) in [5.41, 5.74) is 7.37. The summed E-state index contributed by atoms with van der Waals surface area (Å²) in [6.07, 6.45) is 1.59. The molecule has 11 heteroatoms. The number of amidine groups is 2. The smallest absolute Gasteiger partial charge is 0.335 e. The minimum Gasteiger partial charge on any atom is -0.490 e. The summed E-state index contributed by atoms with van der Waals surface area (Å²) in [7, 11) is -4.10. The highest BCUT2D eigenvalue weighted by molar-refractivity contribution is 7.92. The highest BCUT2D eigenvalue weighted by atomic mass is 32.2. The van der Waals surface area contributed by atoms with E-state index < -0.39 is 16.0 Å². The van der Waals surface area contributed by atoms with E-state index in [1.54, 1.807) is 43.3 Å². The first kappa shape index (κ1) is 29.6. The first-order valence-electron chi connectivity index (χ1n) is 13.8. The molecule has 1 saturated heterocycles. The SMILES string of the molecule is CC(=N)N1CCC(Oc2ccc(N(Cc3ccc4ccc(C(=N)N)cc4c3)S(=O)(=O)c3ccc(C(=O)O)cc3)cc2)CC1. The number of carboxylic acids is 1. The quantitative estimate of drug-likeness (QED) is 0.154. The molecule has 43 heavy (non-hydrogen) atoms. The maximum atomic E-state index is 14.0. The number of rotatable bonds is 9. The van der Waals surface area contributed by atoms with Gasteiger partial charge in [0.25, 0.3) is 10.0 Å². The van der Waals surface area contributed by atoms with Crippen LogP contribution in [0.3, 0.4) is 0 Å². The van der Waals surface area contributed by atoms with Crippen LogP contribution in [0.15, 0.2) is 89.8 Å². The van der Waals surface area contributed by atoms with E-state index in [1.165, 1.54) is 28.6 Å². The summed E-state index contributed by atoms with van der Waals surface area (Å²) in [6.45, 7) is 3.29. The summed E-state index contributed by atoms with van der Waals surface area (Å²) in [5.74, 6) is -0.0260. The van der Waals surface area contributed by atoms with Crippen molar-refractivity contribution in [3.63, 3.8) is 0 Å². The number of carboxylic acid groups (broad SMARTS) is 1. The number of ether oxygens (including phenoxy) is 1. The third kappa shape index (κ3) is 6.62. The van der Waals surface area contributed by atoms with Gasteiger partial charge in [-0.15, -0.1) is 0 Å². The van der Waals surface area contributed by atoms with Gasteiger partial charge in [-0.1, -0.05) is 24.3 Å². The zero-order chi connectivity index (χ0) is 30.7. The average Bonchev–Trinajstić information content (AvgIpc) is 3.00. The molecule has 0 unspecified atom stereocenters. The molecule has 4 aromatic rings. The Balaban J connectivity index is 1.45. The van der Waals surface area contributed by atoms with E-state index >= 15 is 0 Å². The number of likely N-dealkylation sites (tertiary alicyclic amines) is 1. The third-order valence-electron chi connectivity index (χ3n) is 7.57. The second-order valence-corrected chi connectivity index (χ2v) is 12.4. The number of nitrogens with zero attached hydrogens (tertiary/aromatic N) is 2. The summed E-state index contributed by atoms with van der Waals surface area (Å²) < 4.78 is 35.4. The Kier molecular flexibility index (Phi) is 8.36. The van der Waals surface area contributed by atoms with Crippen molar-refractivity contribution in [3.8, 4) is 5.75 Å². The molecule has 0 atom stereocenters. The Labute approximate surface area is 250 Å². The van der Waals surface area contributed by atoms with Gasteiger partial charge in [0.05, 0.1) is 28.5 Å². The molecule has 0 aliphatic carbocycles. The van der Waals surface area contributed by atoms with Gasteiger partial charge in [-0.05, 0) is 83.9 Å². The van der Waals surface area contributed by atoms with E-state index in [9.17, 15) is 18.3 Å². The summed E-state index contributed by atoms with van der Waals surface area (Å²) in [6, 6.07) is 23.1. The molecule has 1 heterocycles. The minimum atomic E-state index is -4.10. The van der Waals surface area contributed by atoms with E-state index in [0.717, 1.165) is 36.7 Å². The van der Waals surface area contributed by atoms with Gasteiger partial charge in [-0.2, -0.15) is 0 Å². The summed E-state index contributed by atoms with van der Waals surface area (Å²) in [4.78, 5) is 13.3. The van der Waals surface area contributed by atoms with E-state index in [0.29, 0.717) is 28.4 Å². The molecule has 10 nitrogen and oxygen atoms in total. The molecular weight excluding hydrogens is 566 g/mol. The molecular formula is C32H33N5O5S. The monoisotopic (exact) mass is 599 g/mol. The lowest BCUT2D eigenvalue weighted by Crippen LogP contribution is -2.40. The van der Waals surface area contributed by atoms with Crippen molar-refractivity contribution in [1.29, 1.82) is 10.8 Å². The number of nitrogens with two attached hydrogens (primary N) is 1. The van der Waals surface area contributed by atoms with Crippen molar-refractivity contribution in [1.82, 2.24) is 4.90 Å². The maximum absolute atomic E-state index is 14.0. The lowest BCUT2D eigenvalue weighted by atomic mass is 10.0. The predicted molar refractivity (Wildman–Crippen MR) is 167 cm³/mol. The molecule has 1 aliphatic heterocycles. The molecule has 222 valence electrons. The topological polar surface area (TPSA) is 161 Å². The summed E-state index contributed by atoms with van der Waals surface area (Å²) in [5, 5.41) is 26.6. The zero-order valence-electron chi connectivity index (χ0n) is 23.7. The molecule has 5 N–H and O–H groups in total. The van der Waals surface area contributed by atoms with Crippen LogP contribution in [0.5, 0.6) is 5.75 Å². The molecule has 0 amide bonds. The maximum Gasteiger partial charge on any atom is 0.335 e. The number of piperidine rings is 1. The van der Waals surface area contributed by atoms with Crippen LogP contribution >= 0.6 is 0 Å². The number of aromatic carboxylic acids is 1. The molecule has 0 aromatic heterocycles. The predicted octanol–water partition coefficient (Wildman–Crippen LogP) is 5.06. The van der Waals surface area contributed by atoms with Crippen molar-refractivity contribution >= 4 is 44.1 Å². The van der Waals surface area contributed by atoms with Crippen LogP contribution in [-0.4, -0.2) is 55.3 Å². The van der Waals surface area contributed by atoms with Crippen LogP contribution in [0, 0.1) is 10.8 Å². The lowest BCUT2D eigenvalue weighted by molar-refractivity contribution is 0.0696. The van der Waals surface area contributed by atoms with Gasteiger partial charge >= 0.3 is 5.97 Å². The second kappa shape index (κ2) is 12.1. The van der Waals surface area contributed by atoms with Crippen LogP contribution < -0.4 is 14.8 Å². The average molecular weight is 600 g/mol. The van der Waals surface area contributed by atoms with Gasteiger partial charge in [0, 0.05) is 31.5 Å². The van der Waals surface area contributed by atoms with Gasteiger partial charge in [0.1, 0.15) is 17.7 Å². The minimum absolute atomic E-state index is 0.00485. The van der Waals surface area contributed by atoms with Gasteiger partial charge in [-0.25, -0.2) is 13.2 Å². The fraction of sp³-hybridized carbons (Fsp3) is 0.219. The van der Waals surface area contributed by atoms with Crippen molar-refractivity contribution < 1.29 is 23.1 Å². The van der Waals surface area contributed by atoms with Crippen molar-refractivity contribution in [2.75, 3.05) is 17.4 Å². The fourth-order valence-electron chi connectivity index (χ4n) is 5.13. The van der Waals surface area contributed by atoms with Crippen LogP contribution in [0.2, 0.25) is 0 Å². The molecule has 0 spiro atoms. The Hall–Kier alpha value is -4.90. The third-order valence-corrected chi connectivity index (χ3v) is 9.36. The molecule has 0 bridgehead atoms. The standard InChI is InChI=1S/C32H33N5O5S/c1-21(33)36-16-14-29(15-17-36)42-28-10-8-27(9-11-28)37(43(40,41)30-12-6-24(7-13-30)32(38)39)20-22-2-3-23-4-5-25(31(34)35)19-26(23)18-22/h2-13,18-19,29,33H,14-17,20H2,1H3,(H3,34,35)(H,38,39). The molecule has 4 aromatic carbocycles. The first-order valence-corrected chi connectivity index (χ1v) is 15.3. The number of benzene rings is 4. The fourth-order valence-corrected chi connectivity index (χ4v) is 6.58. The van der Waals surface area contributed by atoms with E-state index in [2.05, 4.69) is 0 Å². The molecule has 5 rings (SSSR count). The Morgan fingerprint density at radius 2 is 1.56 bits per heavy atom.